The lowest BCUT2D eigenvalue weighted by atomic mass is 9.88. The van der Waals surface area contributed by atoms with Gasteiger partial charge in [0, 0.05) is 36.4 Å². The highest BCUT2D eigenvalue weighted by Crippen LogP contribution is 2.49. The van der Waals surface area contributed by atoms with Crippen LogP contribution in [-0.2, 0) is 18.5 Å². The fourth-order valence-electron chi connectivity index (χ4n) is 5.37. The summed E-state index contributed by atoms with van der Waals surface area (Å²) in [5.74, 6) is -0.729. The van der Waals surface area contributed by atoms with E-state index in [-0.39, 0.29) is 17.6 Å². The first-order chi connectivity index (χ1) is 19.1. The van der Waals surface area contributed by atoms with Crippen molar-refractivity contribution in [1.82, 2.24) is 25.1 Å². The number of aryl methyl sites for hydroxylation is 1. The number of fused-ring (bicyclic) bond motifs is 1. The van der Waals surface area contributed by atoms with Gasteiger partial charge in [0.2, 0.25) is 5.82 Å². The van der Waals surface area contributed by atoms with Gasteiger partial charge >= 0.3 is 6.18 Å². The first-order valence-corrected chi connectivity index (χ1v) is 13.0. The Balaban J connectivity index is 1.11. The van der Waals surface area contributed by atoms with Gasteiger partial charge in [-0.3, -0.25) is 9.88 Å². The number of benzene rings is 2. The Kier molecular flexibility index (Phi) is 6.48. The minimum absolute atomic E-state index is 0.0346. The molecule has 4 heterocycles. The molecule has 0 spiro atoms. The van der Waals surface area contributed by atoms with Crippen LogP contribution in [0, 0.1) is 12.7 Å². The predicted molar refractivity (Wildman–Crippen MR) is 138 cm³/mol. The Labute approximate surface area is 228 Å². The molecule has 11 heteroatoms. The number of para-hydroxylation sites is 1. The average Bonchev–Trinajstić information content (AvgIpc) is 3.56. The van der Waals surface area contributed by atoms with E-state index in [4.69, 9.17) is 9.47 Å². The first-order valence-electron chi connectivity index (χ1n) is 13.0. The Bertz CT molecular complexity index is 1530. The number of ether oxygens (including phenoxy) is 2. The average molecular weight is 554 g/mol. The van der Waals surface area contributed by atoms with Crippen LogP contribution in [0.3, 0.4) is 0 Å². The van der Waals surface area contributed by atoms with Crippen LogP contribution in [0.1, 0.15) is 53.9 Å². The number of likely N-dealkylation sites (tertiary alicyclic amines) is 1. The number of piperidine rings is 1. The molecule has 2 aromatic carbocycles. The number of hydrogen-bond acceptors (Lipinski definition) is 6. The Morgan fingerprint density at radius 2 is 1.80 bits per heavy atom. The quantitative estimate of drug-likeness (QED) is 0.290. The number of halogens is 4. The molecule has 4 aromatic rings. The molecule has 0 saturated carbocycles. The molecule has 1 unspecified atom stereocenters. The zero-order valence-corrected chi connectivity index (χ0v) is 21.9. The van der Waals surface area contributed by atoms with E-state index in [1.54, 1.807) is 18.2 Å². The molecule has 1 saturated heterocycles. The van der Waals surface area contributed by atoms with Gasteiger partial charge in [-0.25, -0.2) is 4.39 Å². The first kappa shape index (κ1) is 26.2. The van der Waals surface area contributed by atoms with Gasteiger partial charge in [0.15, 0.2) is 17.3 Å². The van der Waals surface area contributed by atoms with E-state index in [9.17, 15) is 17.6 Å². The molecule has 1 fully saturated rings. The summed E-state index contributed by atoms with van der Waals surface area (Å²) in [6.45, 7) is 6.07. The van der Waals surface area contributed by atoms with Crippen molar-refractivity contribution < 1.29 is 27.0 Å². The van der Waals surface area contributed by atoms with Gasteiger partial charge in [-0.2, -0.15) is 13.2 Å². The Morgan fingerprint density at radius 1 is 1.05 bits per heavy atom. The molecule has 0 aliphatic carbocycles. The van der Waals surface area contributed by atoms with E-state index in [0.717, 1.165) is 54.1 Å². The molecule has 0 amide bonds. The van der Waals surface area contributed by atoms with E-state index < -0.39 is 17.8 Å². The maximum Gasteiger partial charge on any atom is 0.451 e. The van der Waals surface area contributed by atoms with Crippen molar-refractivity contribution in [3.8, 4) is 22.9 Å². The Hall–Kier alpha value is -3.99. The molecule has 2 aliphatic heterocycles. The van der Waals surface area contributed by atoms with Crippen LogP contribution in [0.4, 0.5) is 17.6 Å². The standard InChI is InChI=1S/C29H27F4N5O2/c1-17-14-19(26-35-27(37-36-26)29(31,32)33)15-34-23(17)16-38-12-10-18(11-13-38)22-4-3-5-24-25(22)40-28(2,39-24)20-6-8-21(30)9-7-20/h3-9,14-15,18H,10-13,16H2,1-2H3,(H,35,36,37). The second-order valence-corrected chi connectivity index (χ2v) is 10.4. The van der Waals surface area contributed by atoms with E-state index in [2.05, 4.69) is 31.1 Å². The Morgan fingerprint density at radius 3 is 2.48 bits per heavy atom. The summed E-state index contributed by atoms with van der Waals surface area (Å²) in [4.78, 5) is 9.07. The summed E-state index contributed by atoms with van der Waals surface area (Å²) >= 11 is 0. The number of alkyl halides is 3. The number of pyridine rings is 1. The molecule has 6 rings (SSSR count). The van der Waals surface area contributed by atoms with Crippen molar-refractivity contribution in [2.45, 2.75) is 51.1 Å². The fraction of sp³-hybridized carbons (Fsp3) is 0.345. The van der Waals surface area contributed by atoms with Crippen LogP contribution in [0.25, 0.3) is 11.4 Å². The molecule has 0 bridgehead atoms. The molecule has 2 aliphatic rings. The summed E-state index contributed by atoms with van der Waals surface area (Å²) in [6, 6.07) is 13.9. The number of rotatable bonds is 5. The monoisotopic (exact) mass is 553 g/mol. The lowest BCUT2D eigenvalue weighted by Gasteiger charge is -2.32. The van der Waals surface area contributed by atoms with Gasteiger partial charge in [0.25, 0.3) is 5.79 Å². The van der Waals surface area contributed by atoms with Crippen molar-refractivity contribution in [1.29, 1.82) is 0 Å². The van der Waals surface area contributed by atoms with Gasteiger partial charge in [0.05, 0.1) is 5.69 Å². The zero-order valence-electron chi connectivity index (χ0n) is 21.9. The number of aromatic amines is 1. The number of nitrogens with zero attached hydrogens (tertiary/aromatic N) is 4. The predicted octanol–water partition coefficient (Wildman–Crippen LogP) is 6.36. The van der Waals surface area contributed by atoms with Gasteiger partial charge in [-0.1, -0.05) is 12.1 Å². The topological polar surface area (TPSA) is 76.2 Å². The van der Waals surface area contributed by atoms with E-state index in [0.29, 0.717) is 17.9 Å². The number of aromatic nitrogens is 4. The third-order valence-electron chi connectivity index (χ3n) is 7.60. The summed E-state index contributed by atoms with van der Waals surface area (Å²) in [6.07, 6.45) is -1.22. The molecular weight excluding hydrogens is 526 g/mol. The van der Waals surface area contributed by atoms with Crippen LogP contribution < -0.4 is 9.47 Å². The van der Waals surface area contributed by atoms with Crippen LogP contribution in [0.5, 0.6) is 11.5 Å². The van der Waals surface area contributed by atoms with Gasteiger partial charge in [0.1, 0.15) is 5.82 Å². The molecule has 0 radical (unpaired) electrons. The van der Waals surface area contributed by atoms with Crippen molar-refractivity contribution in [3.05, 3.63) is 88.8 Å². The molecular formula is C29H27F4N5O2. The van der Waals surface area contributed by atoms with Crippen LogP contribution in [-0.4, -0.2) is 38.2 Å². The molecule has 40 heavy (non-hydrogen) atoms. The van der Waals surface area contributed by atoms with Crippen LogP contribution in [0.2, 0.25) is 0 Å². The summed E-state index contributed by atoms with van der Waals surface area (Å²) in [5.41, 5.74) is 4.03. The number of hydrogen-bond donors (Lipinski definition) is 1. The maximum absolute atomic E-state index is 13.5. The second kappa shape index (κ2) is 9.88. The van der Waals surface area contributed by atoms with E-state index >= 15 is 0 Å². The lowest BCUT2D eigenvalue weighted by Crippen LogP contribution is -2.33. The number of nitrogens with one attached hydrogen (secondary N) is 1. The van der Waals surface area contributed by atoms with Gasteiger partial charge < -0.3 is 14.5 Å². The van der Waals surface area contributed by atoms with Crippen molar-refractivity contribution >= 4 is 0 Å². The molecule has 7 nitrogen and oxygen atoms in total. The smallest absolute Gasteiger partial charge is 0.445 e. The van der Waals surface area contributed by atoms with Crippen LogP contribution in [0.15, 0.2) is 54.7 Å². The van der Waals surface area contributed by atoms with Crippen molar-refractivity contribution in [2.24, 2.45) is 0 Å². The molecule has 1 N–H and O–H groups in total. The van der Waals surface area contributed by atoms with E-state index in [1.165, 1.54) is 18.3 Å². The summed E-state index contributed by atoms with van der Waals surface area (Å²) in [7, 11) is 0. The fourth-order valence-corrected chi connectivity index (χ4v) is 5.37. The molecule has 1 atom stereocenters. The van der Waals surface area contributed by atoms with Gasteiger partial charge in [-0.05, 0) is 80.7 Å². The van der Waals surface area contributed by atoms with Gasteiger partial charge in [-0.15, -0.1) is 10.2 Å². The minimum atomic E-state index is -4.58. The third kappa shape index (κ3) is 5.01. The highest BCUT2D eigenvalue weighted by Gasteiger charge is 2.41. The summed E-state index contributed by atoms with van der Waals surface area (Å²) < 4.78 is 64.6. The molecule has 2 aromatic heterocycles. The highest BCUT2D eigenvalue weighted by atomic mass is 19.4. The summed E-state index contributed by atoms with van der Waals surface area (Å²) in [5, 5.41) is 6.81. The SMILES string of the molecule is Cc1cc(-c2nnc(C(F)(F)F)[nH]2)cnc1CN1CCC(c2cccc3c2OC(C)(c2ccc(F)cc2)O3)CC1. The molecule has 208 valence electrons. The second-order valence-electron chi connectivity index (χ2n) is 10.4. The van der Waals surface area contributed by atoms with Crippen molar-refractivity contribution in [3.63, 3.8) is 0 Å². The number of H-pyrrole nitrogens is 1. The highest BCUT2D eigenvalue weighted by molar-refractivity contribution is 5.55. The normalized spacial score (nSPS) is 19.8. The zero-order chi connectivity index (χ0) is 28.1. The van der Waals surface area contributed by atoms with E-state index in [1.807, 2.05) is 26.0 Å². The lowest BCUT2D eigenvalue weighted by molar-refractivity contribution is -0.144. The largest absolute Gasteiger partial charge is 0.451 e. The maximum atomic E-state index is 13.5. The van der Waals surface area contributed by atoms with Crippen molar-refractivity contribution in [2.75, 3.05) is 13.1 Å². The minimum Gasteiger partial charge on any atom is -0.445 e. The third-order valence-corrected chi connectivity index (χ3v) is 7.60. The van der Waals surface area contributed by atoms with Crippen LogP contribution >= 0.6 is 0 Å².